The standard InChI is InChI=1S/C23H22FN4O3PS.C2H6/c1-32(2)10-9-25-13-15-3-5-18(27-14-15)22-12-19-23(33-22)21(7-8-26-19)31-20-6-4-16(28(29)30)11-17(20)24;1-2/h3-8,11-12,14,25H,9-10,13H2,1-2H3;1-2H3. The Balaban J connectivity index is 0.00000167. The van der Waals surface area contributed by atoms with Gasteiger partial charge in [-0.3, -0.25) is 20.1 Å². The smallest absolute Gasteiger partial charge is 0.272 e. The Morgan fingerprint density at radius 1 is 1.11 bits per heavy atom. The van der Waals surface area contributed by atoms with Crippen LogP contribution in [0.4, 0.5) is 10.1 Å². The van der Waals surface area contributed by atoms with E-state index in [0.29, 0.717) is 11.3 Å². The molecule has 7 nitrogen and oxygen atoms in total. The molecule has 0 saturated heterocycles. The minimum absolute atomic E-state index is 0.0864. The van der Waals surface area contributed by atoms with Gasteiger partial charge in [0, 0.05) is 31.1 Å². The number of pyridine rings is 2. The number of nitro groups is 1. The van der Waals surface area contributed by atoms with Crippen molar-refractivity contribution in [2.45, 2.75) is 20.4 Å². The number of nitro benzene ring substituents is 1. The Kier molecular flexibility index (Phi) is 9.60. The normalized spacial score (nSPS) is 10.8. The van der Waals surface area contributed by atoms with Gasteiger partial charge in [0.25, 0.3) is 5.69 Å². The zero-order chi connectivity index (χ0) is 25.4. The van der Waals surface area contributed by atoms with Crippen LogP contribution >= 0.6 is 19.3 Å². The molecule has 4 rings (SSSR count). The third-order valence-corrected chi connectivity index (χ3v) is 7.14. The van der Waals surface area contributed by atoms with Gasteiger partial charge in [0.2, 0.25) is 0 Å². The van der Waals surface area contributed by atoms with Crippen LogP contribution in [0.2, 0.25) is 0 Å². The quantitative estimate of drug-likeness (QED) is 0.111. The molecule has 0 aliphatic heterocycles. The summed E-state index contributed by atoms with van der Waals surface area (Å²) in [6, 6.07) is 10.9. The predicted octanol–water partition coefficient (Wildman–Crippen LogP) is 7.06. The zero-order valence-corrected chi connectivity index (χ0v) is 21.8. The van der Waals surface area contributed by atoms with Crippen LogP contribution in [0.3, 0.4) is 0 Å². The number of nitrogens with one attached hydrogen (secondary N) is 1. The van der Waals surface area contributed by atoms with E-state index in [1.165, 1.54) is 29.6 Å². The Hall–Kier alpha value is -3.00. The Morgan fingerprint density at radius 2 is 1.91 bits per heavy atom. The number of halogens is 1. The minimum atomic E-state index is -0.800. The molecule has 0 atom stereocenters. The molecule has 0 aliphatic rings. The summed E-state index contributed by atoms with van der Waals surface area (Å²) in [6.45, 7) is 10.3. The highest BCUT2D eigenvalue weighted by Gasteiger charge is 2.16. The second kappa shape index (κ2) is 12.6. The summed E-state index contributed by atoms with van der Waals surface area (Å²) in [5, 5.41) is 14.3. The topological polar surface area (TPSA) is 90.2 Å². The summed E-state index contributed by atoms with van der Waals surface area (Å²) in [6.07, 6.45) is 4.65. The summed E-state index contributed by atoms with van der Waals surface area (Å²) >= 11 is 1.45. The second-order valence-electron chi connectivity index (χ2n) is 7.64. The number of benzene rings is 1. The van der Waals surface area contributed by atoms with Crippen molar-refractivity contribution in [3.8, 4) is 22.1 Å². The van der Waals surface area contributed by atoms with Crippen LogP contribution in [0.15, 0.2) is 54.9 Å². The number of non-ortho nitro benzene ring substituents is 1. The molecule has 0 spiro atoms. The van der Waals surface area contributed by atoms with Gasteiger partial charge in [0.05, 0.1) is 31.8 Å². The highest BCUT2D eigenvalue weighted by atomic mass is 32.1. The van der Waals surface area contributed by atoms with Gasteiger partial charge in [-0.2, -0.15) is 0 Å². The fourth-order valence-electron chi connectivity index (χ4n) is 3.14. The molecule has 0 radical (unpaired) electrons. The maximum Gasteiger partial charge on any atom is 0.272 e. The van der Waals surface area contributed by atoms with E-state index in [9.17, 15) is 14.5 Å². The SMILES string of the molecule is CC.CP(C)CCNCc1ccc(-c2cc3nccc(Oc4ccc([N+](=O)[O-])cc4F)c3s2)nc1. The van der Waals surface area contributed by atoms with Crippen LogP contribution < -0.4 is 10.1 Å². The number of hydrogen-bond acceptors (Lipinski definition) is 7. The molecule has 4 aromatic rings. The van der Waals surface area contributed by atoms with Gasteiger partial charge in [-0.25, -0.2) is 4.39 Å². The first-order chi connectivity index (χ1) is 16.9. The molecule has 3 aromatic heterocycles. The lowest BCUT2D eigenvalue weighted by Crippen LogP contribution is -2.17. The van der Waals surface area contributed by atoms with E-state index < -0.39 is 10.7 Å². The van der Waals surface area contributed by atoms with Gasteiger partial charge in [-0.05, 0) is 49.8 Å². The van der Waals surface area contributed by atoms with Crippen molar-refractivity contribution in [3.05, 3.63) is 76.4 Å². The molecular formula is C25H28FN4O3PS. The highest BCUT2D eigenvalue weighted by molar-refractivity contribution is 7.56. The second-order valence-corrected chi connectivity index (χ2v) is 11.3. The van der Waals surface area contributed by atoms with E-state index in [2.05, 4.69) is 34.7 Å². The van der Waals surface area contributed by atoms with Crippen molar-refractivity contribution in [1.82, 2.24) is 15.3 Å². The lowest BCUT2D eigenvalue weighted by molar-refractivity contribution is -0.385. The number of aromatic nitrogens is 2. The van der Waals surface area contributed by atoms with Crippen molar-refractivity contribution in [1.29, 1.82) is 0 Å². The number of hydrogen-bond donors (Lipinski definition) is 1. The lowest BCUT2D eigenvalue weighted by atomic mass is 10.2. The van der Waals surface area contributed by atoms with Gasteiger partial charge in [0.1, 0.15) is 5.75 Å². The Labute approximate surface area is 209 Å². The fraction of sp³-hybridized carbons (Fsp3) is 0.280. The first-order valence-corrected chi connectivity index (χ1v) is 14.5. The molecule has 3 heterocycles. The number of fused-ring (bicyclic) bond motifs is 1. The molecule has 0 fully saturated rings. The Bertz CT molecular complexity index is 1280. The van der Waals surface area contributed by atoms with Crippen molar-refractivity contribution in [3.63, 3.8) is 0 Å². The number of nitrogens with zero attached hydrogens (tertiary/aromatic N) is 3. The molecule has 0 saturated carbocycles. The minimum Gasteiger partial charge on any atom is -0.453 e. The summed E-state index contributed by atoms with van der Waals surface area (Å²) in [5.74, 6) is -0.459. The van der Waals surface area contributed by atoms with Crippen molar-refractivity contribution < 1.29 is 14.1 Å². The van der Waals surface area contributed by atoms with Crippen LogP contribution in [0.1, 0.15) is 19.4 Å². The molecule has 184 valence electrons. The molecule has 10 heteroatoms. The van der Waals surface area contributed by atoms with Crippen molar-refractivity contribution in [2.24, 2.45) is 0 Å². The summed E-state index contributed by atoms with van der Waals surface area (Å²) in [5.41, 5.74) is 2.31. The van der Waals surface area contributed by atoms with E-state index in [0.717, 1.165) is 40.0 Å². The maximum absolute atomic E-state index is 14.3. The predicted molar refractivity (Wildman–Crippen MR) is 143 cm³/mol. The molecule has 1 N–H and O–H groups in total. The monoisotopic (exact) mass is 514 g/mol. The zero-order valence-electron chi connectivity index (χ0n) is 20.1. The van der Waals surface area contributed by atoms with Crippen LogP contribution in [0.5, 0.6) is 11.5 Å². The largest absolute Gasteiger partial charge is 0.453 e. The molecule has 0 unspecified atom stereocenters. The van der Waals surface area contributed by atoms with Crippen LogP contribution in [0, 0.1) is 15.9 Å². The van der Waals surface area contributed by atoms with E-state index in [4.69, 9.17) is 4.74 Å². The molecule has 0 aliphatic carbocycles. The number of ether oxygens (including phenoxy) is 1. The maximum atomic E-state index is 14.3. The van der Waals surface area contributed by atoms with E-state index in [1.807, 2.05) is 32.2 Å². The molecule has 0 amide bonds. The summed E-state index contributed by atoms with van der Waals surface area (Å²) in [4.78, 5) is 20.1. The third kappa shape index (κ3) is 7.01. The van der Waals surface area contributed by atoms with E-state index in [-0.39, 0.29) is 19.4 Å². The van der Waals surface area contributed by atoms with Gasteiger partial charge in [0.15, 0.2) is 11.6 Å². The van der Waals surface area contributed by atoms with Gasteiger partial charge >= 0.3 is 0 Å². The van der Waals surface area contributed by atoms with Gasteiger partial charge in [-0.1, -0.05) is 19.9 Å². The molecule has 35 heavy (non-hydrogen) atoms. The third-order valence-electron chi connectivity index (χ3n) is 4.86. The first-order valence-electron chi connectivity index (χ1n) is 11.2. The van der Waals surface area contributed by atoms with Crippen molar-refractivity contribution in [2.75, 3.05) is 26.0 Å². The lowest BCUT2D eigenvalue weighted by Gasteiger charge is -2.07. The van der Waals surface area contributed by atoms with E-state index >= 15 is 0 Å². The Morgan fingerprint density at radius 3 is 2.57 bits per heavy atom. The average molecular weight is 515 g/mol. The van der Waals surface area contributed by atoms with Crippen molar-refractivity contribution >= 4 is 35.2 Å². The average Bonchev–Trinajstić information content (AvgIpc) is 3.30. The fourth-order valence-corrected chi connectivity index (χ4v) is 4.78. The van der Waals surface area contributed by atoms with Gasteiger partial charge < -0.3 is 10.1 Å². The van der Waals surface area contributed by atoms with Crippen LogP contribution in [-0.2, 0) is 6.54 Å². The van der Waals surface area contributed by atoms with Gasteiger partial charge in [-0.15, -0.1) is 19.3 Å². The van der Waals surface area contributed by atoms with Crippen LogP contribution in [-0.4, -0.2) is 40.9 Å². The summed E-state index contributed by atoms with van der Waals surface area (Å²) in [7, 11) is 0.107. The number of rotatable bonds is 9. The molecular weight excluding hydrogens is 486 g/mol. The highest BCUT2D eigenvalue weighted by Crippen LogP contribution is 2.39. The molecule has 1 aromatic carbocycles. The van der Waals surface area contributed by atoms with E-state index in [1.54, 1.807) is 12.3 Å². The number of thiophene rings is 1. The van der Waals surface area contributed by atoms with Crippen LogP contribution in [0.25, 0.3) is 20.8 Å². The summed E-state index contributed by atoms with van der Waals surface area (Å²) < 4.78 is 20.8. The molecule has 0 bridgehead atoms. The first kappa shape index (κ1) is 26.6.